The molecule has 2 saturated heterocycles. The number of hydrogen-bond acceptors (Lipinski definition) is 5. The highest BCUT2D eigenvalue weighted by atomic mass is 32.1. The van der Waals surface area contributed by atoms with Crippen molar-refractivity contribution in [1.29, 1.82) is 0 Å². The first-order valence-electron chi connectivity index (χ1n) is 7.88. The molecule has 1 amide bonds. The number of amides is 1. The van der Waals surface area contributed by atoms with Crippen LogP contribution < -0.4 is 10.2 Å². The van der Waals surface area contributed by atoms with Crippen molar-refractivity contribution in [3.63, 3.8) is 0 Å². The Balaban J connectivity index is 1.53. The summed E-state index contributed by atoms with van der Waals surface area (Å²) < 4.78 is 0. The molecule has 2 fully saturated rings. The number of aromatic nitrogens is 1. The lowest BCUT2D eigenvalue weighted by Crippen LogP contribution is -2.54. The van der Waals surface area contributed by atoms with Crippen molar-refractivity contribution in [3.05, 3.63) is 11.1 Å². The van der Waals surface area contributed by atoms with Crippen molar-refractivity contribution < 1.29 is 4.79 Å². The van der Waals surface area contributed by atoms with Crippen LogP contribution in [0.3, 0.4) is 0 Å². The van der Waals surface area contributed by atoms with E-state index in [1.54, 1.807) is 11.3 Å². The highest BCUT2D eigenvalue weighted by Gasteiger charge is 2.33. The van der Waals surface area contributed by atoms with Gasteiger partial charge in [0, 0.05) is 43.2 Å². The predicted octanol–water partition coefficient (Wildman–Crippen LogP) is 1.21. The van der Waals surface area contributed by atoms with E-state index >= 15 is 0 Å². The van der Waals surface area contributed by atoms with Gasteiger partial charge < -0.3 is 15.1 Å². The molecule has 1 unspecified atom stereocenters. The van der Waals surface area contributed by atoms with E-state index in [9.17, 15) is 4.79 Å². The van der Waals surface area contributed by atoms with Gasteiger partial charge in [0.2, 0.25) is 5.91 Å². The molecular formula is C15H24N4OS. The van der Waals surface area contributed by atoms with Gasteiger partial charge in [0.1, 0.15) is 0 Å². The fraction of sp³-hybridized carbons (Fsp3) is 0.733. The molecule has 0 radical (unpaired) electrons. The zero-order valence-electron chi connectivity index (χ0n) is 12.8. The van der Waals surface area contributed by atoms with E-state index in [0.717, 1.165) is 50.8 Å². The number of rotatable bonds is 4. The molecule has 2 aliphatic rings. The van der Waals surface area contributed by atoms with Gasteiger partial charge in [-0.1, -0.05) is 13.8 Å². The third kappa shape index (κ3) is 3.06. The Bertz CT molecular complexity index is 492. The minimum absolute atomic E-state index is 0.157. The van der Waals surface area contributed by atoms with Crippen molar-refractivity contribution in [3.8, 4) is 0 Å². The van der Waals surface area contributed by atoms with Crippen molar-refractivity contribution in [1.82, 2.24) is 15.2 Å². The van der Waals surface area contributed by atoms with Gasteiger partial charge in [0.25, 0.3) is 0 Å². The number of aryl methyl sites for hydroxylation is 1. The molecule has 1 aromatic rings. The largest absolute Gasteiger partial charge is 0.345 e. The van der Waals surface area contributed by atoms with Gasteiger partial charge in [-0.2, -0.15) is 0 Å². The highest BCUT2D eigenvalue weighted by Crippen LogP contribution is 2.25. The molecule has 21 heavy (non-hydrogen) atoms. The maximum atomic E-state index is 12.5. The number of nitrogens with zero attached hydrogens (tertiary/aromatic N) is 3. The van der Waals surface area contributed by atoms with Gasteiger partial charge in [-0.3, -0.25) is 4.79 Å². The molecule has 2 aliphatic heterocycles. The van der Waals surface area contributed by atoms with Crippen molar-refractivity contribution in [2.45, 2.75) is 20.3 Å². The van der Waals surface area contributed by atoms with E-state index in [0.29, 0.717) is 11.8 Å². The smallest absolute Gasteiger partial charge is 0.225 e. The summed E-state index contributed by atoms with van der Waals surface area (Å²) >= 11 is 1.78. The van der Waals surface area contributed by atoms with Crippen LogP contribution >= 0.6 is 11.3 Å². The molecule has 3 rings (SSSR count). The zero-order chi connectivity index (χ0) is 14.8. The van der Waals surface area contributed by atoms with Crippen LogP contribution in [0.1, 0.15) is 18.7 Å². The van der Waals surface area contributed by atoms with Crippen LogP contribution in [0.15, 0.2) is 6.20 Å². The minimum atomic E-state index is 0.157. The fourth-order valence-corrected chi connectivity index (χ4v) is 3.78. The number of nitrogens with one attached hydrogen (secondary N) is 1. The fourth-order valence-electron chi connectivity index (χ4n) is 2.88. The highest BCUT2D eigenvalue weighted by molar-refractivity contribution is 7.15. The lowest BCUT2D eigenvalue weighted by atomic mass is 9.88. The maximum Gasteiger partial charge on any atom is 0.225 e. The SMILES string of the molecule is CCc1cnc(N2CCN(C(=O)C(C)C3CNC3)CC2)s1. The quantitative estimate of drug-likeness (QED) is 0.908. The number of carbonyl (C=O) groups excluding carboxylic acids is 1. The second kappa shape index (κ2) is 6.32. The zero-order valence-corrected chi connectivity index (χ0v) is 13.7. The first-order valence-corrected chi connectivity index (χ1v) is 8.70. The number of carbonyl (C=O) groups is 1. The monoisotopic (exact) mass is 308 g/mol. The molecule has 0 bridgehead atoms. The Morgan fingerprint density at radius 2 is 2.14 bits per heavy atom. The molecule has 0 spiro atoms. The Kier molecular flexibility index (Phi) is 4.45. The van der Waals surface area contributed by atoms with Gasteiger partial charge >= 0.3 is 0 Å². The second-order valence-electron chi connectivity index (χ2n) is 5.98. The van der Waals surface area contributed by atoms with Crippen molar-refractivity contribution in [2.24, 2.45) is 11.8 Å². The molecule has 6 heteroatoms. The Morgan fingerprint density at radius 3 is 2.67 bits per heavy atom. The molecule has 1 aromatic heterocycles. The summed E-state index contributed by atoms with van der Waals surface area (Å²) in [6, 6.07) is 0. The first-order chi connectivity index (χ1) is 10.2. The van der Waals surface area contributed by atoms with E-state index in [4.69, 9.17) is 0 Å². The standard InChI is InChI=1S/C15H24N4OS/c1-3-13-10-17-15(21-13)19-6-4-18(5-7-19)14(20)11(2)12-8-16-9-12/h10-12,16H,3-9H2,1-2H3. The maximum absolute atomic E-state index is 12.5. The molecule has 1 atom stereocenters. The van der Waals surface area contributed by atoms with E-state index in [2.05, 4.69) is 29.0 Å². The summed E-state index contributed by atoms with van der Waals surface area (Å²) in [4.78, 5) is 22.7. The minimum Gasteiger partial charge on any atom is -0.345 e. The Labute approximate surface area is 130 Å². The van der Waals surface area contributed by atoms with Crippen LogP contribution in [0.4, 0.5) is 5.13 Å². The van der Waals surface area contributed by atoms with Crippen LogP contribution in [-0.4, -0.2) is 55.1 Å². The number of anilines is 1. The molecule has 0 aliphatic carbocycles. The van der Waals surface area contributed by atoms with Crippen molar-refractivity contribution in [2.75, 3.05) is 44.2 Å². The van der Waals surface area contributed by atoms with Crippen LogP contribution in [0, 0.1) is 11.8 Å². The third-order valence-electron chi connectivity index (χ3n) is 4.66. The molecule has 0 aromatic carbocycles. The summed E-state index contributed by atoms with van der Waals surface area (Å²) in [6.07, 6.45) is 3.02. The average molecular weight is 308 g/mol. The van der Waals surface area contributed by atoms with Crippen LogP contribution in [0.2, 0.25) is 0 Å². The van der Waals surface area contributed by atoms with Crippen molar-refractivity contribution >= 4 is 22.4 Å². The summed E-state index contributed by atoms with van der Waals surface area (Å²) in [5.74, 6) is 1.01. The van der Waals surface area contributed by atoms with Crippen LogP contribution in [0.5, 0.6) is 0 Å². The van der Waals surface area contributed by atoms with Gasteiger partial charge in [-0.25, -0.2) is 4.98 Å². The summed E-state index contributed by atoms with van der Waals surface area (Å²) in [5.41, 5.74) is 0. The number of piperazine rings is 1. The van der Waals surface area contributed by atoms with E-state index < -0.39 is 0 Å². The molecular weight excluding hydrogens is 284 g/mol. The van der Waals surface area contributed by atoms with Gasteiger partial charge in [0.15, 0.2) is 5.13 Å². The normalized spacial score (nSPS) is 21.2. The van der Waals surface area contributed by atoms with Gasteiger partial charge in [-0.15, -0.1) is 11.3 Å². The lowest BCUT2D eigenvalue weighted by Gasteiger charge is -2.39. The molecule has 1 N–H and O–H groups in total. The predicted molar refractivity (Wildman–Crippen MR) is 85.8 cm³/mol. The second-order valence-corrected chi connectivity index (χ2v) is 7.08. The van der Waals surface area contributed by atoms with Gasteiger partial charge in [-0.05, 0) is 25.4 Å². The molecule has 0 saturated carbocycles. The summed E-state index contributed by atoms with van der Waals surface area (Å²) in [7, 11) is 0. The third-order valence-corrected chi connectivity index (χ3v) is 5.86. The van der Waals surface area contributed by atoms with Crippen LogP contribution in [-0.2, 0) is 11.2 Å². The lowest BCUT2D eigenvalue weighted by molar-refractivity contribution is -0.137. The number of thiazole rings is 1. The first kappa shape index (κ1) is 14.8. The summed E-state index contributed by atoms with van der Waals surface area (Å²) in [5, 5.41) is 4.36. The molecule has 5 nitrogen and oxygen atoms in total. The van der Waals surface area contributed by atoms with E-state index in [1.165, 1.54) is 4.88 Å². The summed E-state index contributed by atoms with van der Waals surface area (Å²) in [6.45, 7) is 9.67. The molecule has 116 valence electrons. The van der Waals surface area contributed by atoms with Crippen LogP contribution in [0.25, 0.3) is 0 Å². The van der Waals surface area contributed by atoms with E-state index in [1.807, 2.05) is 11.1 Å². The Hall–Kier alpha value is -1.14. The number of hydrogen-bond donors (Lipinski definition) is 1. The van der Waals surface area contributed by atoms with Gasteiger partial charge in [0.05, 0.1) is 0 Å². The van der Waals surface area contributed by atoms with E-state index in [-0.39, 0.29) is 5.92 Å². The Morgan fingerprint density at radius 1 is 1.43 bits per heavy atom. The average Bonchev–Trinajstić information content (AvgIpc) is 2.93. The molecule has 3 heterocycles. The topological polar surface area (TPSA) is 48.5 Å².